The van der Waals surface area contributed by atoms with Gasteiger partial charge in [0.2, 0.25) is 0 Å². The number of rotatable bonds is 17. The van der Waals surface area contributed by atoms with Gasteiger partial charge in [-0.3, -0.25) is 4.79 Å². The predicted molar refractivity (Wildman–Crippen MR) is 143 cm³/mol. The summed E-state index contributed by atoms with van der Waals surface area (Å²) in [5.74, 6) is -0.160. The van der Waals surface area contributed by atoms with E-state index in [1.54, 1.807) is 0 Å². The van der Waals surface area contributed by atoms with E-state index < -0.39 is 0 Å². The Balaban J connectivity index is 2.01. The van der Waals surface area contributed by atoms with Crippen LogP contribution in [0.1, 0.15) is 50.7 Å². The highest BCUT2D eigenvalue weighted by Gasteiger charge is 2.30. The van der Waals surface area contributed by atoms with Crippen LogP contribution in [0.2, 0.25) is 0 Å². The minimum Gasteiger partial charge on any atom is -0.466 e. The van der Waals surface area contributed by atoms with Crippen LogP contribution in [0, 0.1) is 5.41 Å². The normalized spacial score (nSPS) is 11.8. The molecule has 0 aliphatic heterocycles. The van der Waals surface area contributed by atoms with E-state index in [4.69, 9.17) is 14.2 Å². The van der Waals surface area contributed by atoms with Gasteiger partial charge in [-0.1, -0.05) is 90.5 Å². The average Bonchev–Trinajstić information content (AvgIpc) is 2.84. The van der Waals surface area contributed by atoms with Crippen LogP contribution >= 0.6 is 0 Å². The number of carbonyl (C=O) groups is 1. The van der Waals surface area contributed by atoms with Gasteiger partial charge in [-0.05, 0) is 44.2 Å². The lowest BCUT2D eigenvalue weighted by Gasteiger charge is -2.33. The number of esters is 1. The summed E-state index contributed by atoms with van der Waals surface area (Å²) in [5.41, 5.74) is 3.20. The Bertz CT molecular complexity index is 870. The van der Waals surface area contributed by atoms with Gasteiger partial charge in [0.05, 0.1) is 33.0 Å². The molecule has 0 spiro atoms. The highest BCUT2D eigenvalue weighted by Crippen LogP contribution is 2.32. The van der Waals surface area contributed by atoms with Gasteiger partial charge < -0.3 is 14.2 Å². The van der Waals surface area contributed by atoms with E-state index in [0.717, 1.165) is 29.5 Å². The molecule has 0 atom stereocenters. The number of ether oxygens (including phenoxy) is 3. The van der Waals surface area contributed by atoms with Crippen LogP contribution in [0.15, 0.2) is 97.1 Å². The van der Waals surface area contributed by atoms with Crippen LogP contribution in [0.4, 0.5) is 0 Å². The molecular formula is C31H40O4. The summed E-state index contributed by atoms with van der Waals surface area (Å²) < 4.78 is 17.4. The molecule has 0 bridgehead atoms. The van der Waals surface area contributed by atoms with Crippen molar-refractivity contribution in [2.75, 3.05) is 19.8 Å². The molecule has 0 aliphatic rings. The van der Waals surface area contributed by atoms with Crippen molar-refractivity contribution in [3.63, 3.8) is 0 Å². The molecule has 0 aliphatic carbocycles. The fraction of sp³-hybridized carbons (Fsp3) is 0.387. The summed E-state index contributed by atoms with van der Waals surface area (Å²) in [7, 11) is 0. The Hall–Kier alpha value is -2.95. The quantitative estimate of drug-likeness (QED) is 0.137. The smallest absolute Gasteiger partial charge is 0.306 e. The fourth-order valence-corrected chi connectivity index (χ4v) is 3.90. The van der Waals surface area contributed by atoms with E-state index in [-0.39, 0.29) is 11.4 Å². The minimum absolute atomic E-state index is 0.160. The second kappa shape index (κ2) is 16.6. The first-order valence-electron chi connectivity index (χ1n) is 12.4. The van der Waals surface area contributed by atoms with E-state index in [9.17, 15) is 4.79 Å². The van der Waals surface area contributed by atoms with Crippen LogP contribution in [0.25, 0.3) is 0 Å². The van der Waals surface area contributed by atoms with E-state index in [1.165, 1.54) is 0 Å². The number of benzene rings is 2. The Kier molecular flexibility index (Phi) is 13.4. The van der Waals surface area contributed by atoms with Crippen molar-refractivity contribution in [2.24, 2.45) is 5.41 Å². The fourth-order valence-electron chi connectivity index (χ4n) is 3.90. The number of hydrogen-bond donors (Lipinski definition) is 0. The molecule has 188 valence electrons. The highest BCUT2D eigenvalue weighted by molar-refractivity contribution is 5.69. The third kappa shape index (κ3) is 12.4. The molecule has 0 saturated carbocycles. The zero-order valence-corrected chi connectivity index (χ0v) is 21.3. The SMILES string of the molecule is C=C(C)CC(C/C=C/C=C\CCC(=O)OCC)(COCc1ccccc1)COCc1ccccc1. The van der Waals surface area contributed by atoms with Crippen molar-refractivity contribution in [1.82, 2.24) is 0 Å². The van der Waals surface area contributed by atoms with Crippen LogP contribution in [0.3, 0.4) is 0 Å². The molecule has 2 aromatic carbocycles. The summed E-state index contributed by atoms with van der Waals surface area (Å²) in [5, 5.41) is 0. The largest absolute Gasteiger partial charge is 0.466 e. The van der Waals surface area contributed by atoms with Crippen molar-refractivity contribution < 1.29 is 19.0 Å². The summed E-state index contributed by atoms with van der Waals surface area (Å²) in [6, 6.07) is 20.4. The van der Waals surface area contributed by atoms with E-state index in [2.05, 4.69) is 43.8 Å². The molecule has 0 saturated heterocycles. The Morgan fingerprint density at radius 2 is 1.43 bits per heavy atom. The predicted octanol–water partition coefficient (Wildman–Crippen LogP) is 7.22. The molecule has 0 fully saturated rings. The van der Waals surface area contributed by atoms with Gasteiger partial charge in [-0.15, -0.1) is 6.58 Å². The van der Waals surface area contributed by atoms with Crippen LogP contribution in [-0.4, -0.2) is 25.8 Å². The first kappa shape index (κ1) is 28.3. The van der Waals surface area contributed by atoms with Gasteiger partial charge in [0.1, 0.15) is 0 Å². The van der Waals surface area contributed by atoms with Gasteiger partial charge in [0.15, 0.2) is 0 Å². The van der Waals surface area contributed by atoms with Crippen LogP contribution in [0.5, 0.6) is 0 Å². The molecule has 2 aromatic rings. The van der Waals surface area contributed by atoms with Gasteiger partial charge in [0, 0.05) is 11.8 Å². The number of carbonyl (C=O) groups excluding carboxylic acids is 1. The molecule has 35 heavy (non-hydrogen) atoms. The lowest BCUT2D eigenvalue weighted by atomic mass is 9.80. The molecule has 0 aromatic heterocycles. The molecular weight excluding hydrogens is 436 g/mol. The third-order valence-corrected chi connectivity index (χ3v) is 5.47. The van der Waals surface area contributed by atoms with E-state index >= 15 is 0 Å². The monoisotopic (exact) mass is 476 g/mol. The molecule has 0 unspecified atom stereocenters. The second-order valence-electron chi connectivity index (χ2n) is 8.99. The maximum absolute atomic E-state index is 11.5. The lowest BCUT2D eigenvalue weighted by Crippen LogP contribution is -2.32. The van der Waals surface area contributed by atoms with Crippen molar-refractivity contribution >= 4 is 5.97 Å². The topological polar surface area (TPSA) is 44.8 Å². The summed E-state index contributed by atoms with van der Waals surface area (Å²) >= 11 is 0. The van der Waals surface area contributed by atoms with Gasteiger partial charge in [-0.25, -0.2) is 0 Å². The molecule has 4 nitrogen and oxygen atoms in total. The zero-order valence-electron chi connectivity index (χ0n) is 21.3. The minimum atomic E-state index is -0.218. The Labute approximate surface area is 211 Å². The molecule has 0 radical (unpaired) electrons. The molecule has 2 rings (SSSR count). The standard InChI is InChI=1S/C31H40O4/c1-4-35-30(32)20-14-6-5-7-15-21-31(22-27(2)3,25-33-23-28-16-10-8-11-17-28)26-34-24-29-18-12-9-13-19-29/h5-13,15-19H,2,4,14,20-26H2,1,3H3/b6-5-,15-7+. The third-order valence-electron chi connectivity index (χ3n) is 5.47. The second-order valence-corrected chi connectivity index (χ2v) is 8.99. The van der Waals surface area contributed by atoms with E-state index in [1.807, 2.05) is 61.5 Å². The van der Waals surface area contributed by atoms with Crippen molar-refractivity contribution in [3.8, 4) is 0 Å². The number of allylic oxidation sites excluding steroid dienone is 5. The van der Waals surface area contributed by atoms with Crippen LogP contribution < -0.4 is 0 Å². The molecule has 0 amide bonds. The summed E-state index contributed by atoms with van der Waals surface area (Å²) in [6.07, 6.45) is 10.8. The van der Waals surface area contributed by atoms with E-state index in [0.29, 0.717) is 45.9 Å². The number of hydrogen-bond acceptors (Lipinski definition) is 4. The van der Waals surface area contributed by atoms with Gasteiger partial charge >= 0.3 is 5.97 Å². The van der Waals surface area contributed by atoms with Crippen molar-refractivity contribution in [1.29, 1.82) is 0 Å². The lowest BCUT2D eigenvalue weighted by molar-refractivity contribution is -0.143. The molecule has 0 heterocycles. The maximum Gasteiger partial charge on any atom is 0.306 e. The van der Waals surface area contributed by atoms with Gasteiger partial charge in [-0.2, -0.15) is 0 Å². The average molecular weight is 477 g/mol. The zero-order chi connectivity index (χ0) is 25.2. The molecule has 4 heteroatoms. The van der Waals surface area contributed by atoms with Crippen molar-refractivity contribution in [2.45, 2.75) is 52.7 Å². The maximum atomic E-state index is 11.5. The highest BCUT2D eigenvalue weighted by atomic mass is 16.5. The molecule has 0 N–H and O–H groups in total. The van der Waals surface area contributed by atoms with Gasteiger partial charge in [0.25, 0.3) is 0 Å². The first-order chi connectivity index (χ1) is 17.0. The first-order valence-corrected chi connectivity index (χ1v) is 12.4. The Morgan fingerprint density at radius 1 is 0.886 bits per heavy atom. The van der Waals surface area contributed by atoms with Crippen molar-refractivity contribution in [3.05, 3.63) is 108 Å². The summed E-state index contributed by atoms with van der Waals surface area (Å²) in [4.78, 5) is 11.5. The van der Waals surface area contributed by atoms with Crippen LogP contribution in [-0.2, 0) is 32.2 Å². The Morgan fingerprint density at radius 3 is 1.94 bits per heavy atom. The summed E-state index contributed by atoms with van der Waals surface area (Å²) in [6.45, 7) is 10.7.